The van der Waals surface area contributed by atoms with Crippen molar-refractivity contribution in [2.45, 2.75) is 26.2 Å². The molecule has 2 aromatic heterocycles. The maximum atomic E-state index is 12.0. The van der Waals surface area contributed by atoms with Gasteiger partial charge in [-0.15, -0.1) is 0 Å². The molecular formula is C30H32ClN3O3. The minimum atomic E-state index is -0.0190. The molecule has 3 heterocycles. The number of pyridine rings is 2. The van der Waals surface area contributed by atoms with E-state index in [1.807, 2.05) is 18.2 Å². The number of carbonyl (C=O) groups excluding carboxylic acids is 2. The van der Waals surface area contributed by atoms with Gasteiger partial charge in [-0.2, -0.15) is 0 Å². The Bertz CT molecular complexity index is 1240. The van der Waals surface area contributed by atoms with Gasteiger partial charge < -0.3 is 9.64 Å². The molecule has 4 rings (SSSR count). The Balaban J connectivity index is 0.000000213. The average Bonchev–Trinajstić information content (AvgIpc) is 2.92. The SMILES string of the molecule is C=C(C(=O)N1CCOCC1)c1ccncc1.CC(C)(C)c1ccc(/C(=C/C=O)c2ccnc(Cl)c2)cc1. The molecule has 6 nitrogen and oxygen atoms in total. The summed E-state index contributed by atoms with van der Waals surface area (Å²) in [5.74, 6) is -0.0190. The standard InChI is InChI=1S/C18H18ClNO.C12H14N2O2/c1-18(2,3)15-6-4-13(5-7-15)16(9-11-21)14-8-10-20-17(19)12-14;1-10(11-2-4-13-5-3-11)12(15)14-6-8-16-9-7-14/h4-12H,1-3H3;2-5H,1,6-9H2/b16-9-;. The predicted molar refractivity (Wildman–Crippen MR) is 148 cm³/mol. The van der Waals surface area contributed by atoms with Gasteiger partial charge in [0.1, 0.15) is 11.4 Å². The number of amides is 1. The van der Waals surface area contributed by atoms with E-state index < -0.39 is 0 Å². The first-order valence-corrected chi connectivity index (χ1v) is 12.4. The molecule has 7 heteroatoms. The molecule has 1 aliphatic rings. The molecule has 0 bridgehead atoms. The topological polar surface area (TPSA) is 72.4 Å². The highest BCUT2D eigenvalue weighted by atomic mass is 35.5. The first-order valence-electron chi connectivity index (χ1n) is 12.1. The number of hydrogen-bond acceptors (Lipinski definition) is 5. The zero-order valence-corrected chi connectivity index (χ0v) is 22.2. The van der Waals surface area contributed by atoms with Crippen molar-refractivity contribution in [3.05, 3.63) is 107 Å². The Labute approximate surface area is 223 Å². The summed E-state index contributed by atoms with van der Waals surface area (Å²) in [6, 6.07) is 15.4. The Morgan fingerprint density at radius 3 is 2.16 bits per heavy atom. The van der Waals surface area contributed by atoms with Crippen molar-refractivity contribution in [2.24, 2.45) is 0 Å². The smallest absolute Gasteiger partial charge is 0.254 e. The van der Waals surface area contributed by atoms with Gasteiger partial charge in [0, 0.05) is 37.3 Å². The van der Waals surface area contributed by atoms with Crippen LogP contribution in [-0.2, 0) is 19.7 Å². The van der Waals surface area contributed by atoms with Gasteiger partial charge in [-0.25, -0.2) is 4.98 Å². The van der Waals surface area contributed by atoms with Crippen LogP contribution in [0.15, 0.2) is 79.8 Å². The largest absolute Gasteiger partial charge is 0.378 e. The van der Waals surface area contributed by atoms with Crippen LogP contribution in [0.4, 0.5) is 0 Å². The summed E-state index contributed by atoms with van der Waals surface area (Å²) in [5, 5.41) is 0.413. The lowest BCUT2D eigenvalue weighted by atomic mass is 9.86. The molecule has 0 spiro atoms. The van der Waals surface area contributed by atoms with Crippen LogP contribution in [0.5, 0.6) is 0 Å². The summed E-state index contributed by atoms with van der Waals surface area (Å²) in [5.41, 5.74) is 5.41. The maximum Gasteiger partial charge on any atom is 0.254 e. The number of rotatable bonds is 5. The summed E-state index contributed by atoms with van der Waals surface area (Å²) in [7, 11) is 0. The Morgan fingerprint density at radius 2 is 1.59 bits per heavy atom. The summed E-state index contributed by atoms with van der Waals surface area (Å²) in [6.07, 6.45) is 7.30. The van der Waals surface area contributed by atoms with E-state index >= 15 is 0 Å². The minimum absolute atomic E-state index is 0.0190. The van der Waals surface area contributed by atoms with Gasteiger partial charge in [0.15, 0.2) is 0 Å². The summed E-state index contributed by atoms with van der Waals surface area (Å²) >= 11 is 5.93. The van der Waals surface area contributed by atoms with Crippen molar-refractivity contribution < 1.29 is 14.3 Å². The highest BCUT2D eigenvalue weighted by molar-refractivity contribution is 6.29. The number of morpholine rings is 1. The minimum Gasteiger partial charge on any atom is -0.378 e. The summed E-state index contributed by atoms with van der Waals surface area (Å²) in [6.45, 7) is 12.9. The van der Waals surface area contributed by atoms with Gasteiger partial charge >= 0.3 is 0 Å². The molecule has 0 aliphatic carbocycles. The van der Waals surface area contributed by atoms with Gasteiger partial charge in [0.2, 0.25) is 0 Å². The predicted octanol–water partition coefficient (Wildman–Crippen LogP) is 5.62. The monoisotopic (exact) mass is 517 g/mol. The lowest BCUT2D eigenvalue weighted by Crippen LogP contribution is -2.40. The summed E-state index contributed by atoms with van der Waals surface area (Å²) < 4.78 is 5.20. The second kappa shape index (κ2) is 13.1. The second-order valence-electron chi connectivity index (χ2n) is 9.53. The quantitative estimate of drug-likeness (QED) is 0.249. The number of aromatic nitrogens is 2. The van der Waals surface area contributed by atoms with Crippen molar-refractivity contribution in [1.29, 1.82) is 0 Å². The second-order valence-corrected chi connectivity index (χ2v) is 9.92. The van der Waals surface area contributed by atoms with Crippen LogP contribution >= 0.6 is 11.6 Å². The number of ether oxygens (including phenoxy) is 1. The third-order valence-corrected chi connectivity index (χ3v) is 6.13. The van der Waals surface area contributed by atoms with E-state index in [4.69, 9.17) is 16.3 Å². The Kier molecular flexibility index (Phi) is 9.89. The number of nitrogens with zero attached hydrogens (tertiary/aromatic N) is 3. The van der Waals surface area contributed by atoms with Crippen molar-refractivity contribution in [3.8, 4) is 0 Å². The fourth-order valence-corrected chi connectivity index (χ4v) is 3.95. The lowest BCUT2D eigenvalue weighted by Gasteiger charge is -2.27. The number of carbonyl (C=O) groups is 2. The normalized spacial score (nSPS) is 13.8. The number of halogens is 1. The first-order chi connectivity index (χ1) is 17.7. The fourth-order valence-electron chi connectivity index (χ4n) is 3.78. The Morgan fingerprint density at radius 1 is 0.973 bits per heavy atom. The van der Waals surface area contributed by atoms with Crippen LogP contribution in [0.1, 0.15) is 43.0 Å². The van der Waals surface area contributed by atoms with Gasteiger partial charge in [-0.05, 0) is 63.6 Å². The van der Waals surface area contributed by atoms with Crippen LogP contribution < -0.4 is 0 Å². The number of aldehydes is 1. The molecule has 0 saturated carbocycles. The van der Waals surface area contributed by atoms with Crippen LogP contribution in [0.25, 0.3) is 11.1 Å². The zero-order valence-electron chi connectivity index (χ0n) is 21.5. The van der Waals surface area contributed by atoms with Gasteiger partial charge in [-0.1, -0.05) is 63.2 Å². The molecule has 1 amide bonds. The van der Waals surface area contributed by atoms with Crippen molar-refractivity contribution in [3.63, 3.8) is 0 Å². The molecule has 0 radical (unpaired) electrons. The van der Waals surface area contributed by atoms with E-state index in [-0.39, 0.29) is 11.3 Å². The zero-order chi connectivity index (χ0) is 26.8. The van der Waals surface area contributed by atoms with Gasteiger partial charge in [-0.3, -0.25) is 14.6 Å². The molecule has 1 fully saturated rings. The third kappa shape index (κ3) is 7.94. The van der Waals surface area contributed by atoms with Crippen LogP contribution in [0, 0.1) is 0 Å². The van der Waals surface area contributed by atoms with Gasteiger partial charge in [0.25, 0.3) is 5.91 Å². The molecule has 3 aromatic rings. The van der Waals surface area contributed by atoms with Crippen molar-refractivity contribution in [1.82, 2.24) is 14.9 Å². The number of benzene rings is 1. The molecule has 1 saturated heterocycles. The highest BCUT2D eigenvalue weighted by Crippen LogP contribution is 2.28. The molecule has 0 atom stereocenters. The summed E-state index contributed by atoms with van der Waals surface area (Å²) in [4.78, 5) is 32.7. The van der Waals surface area contributed by atoms with E-state index in [1.54, 1.807) is 47.8 Å². The number of hydrogen-bond donors (Lipinski definition) is 0. The first kappa shape index (κ1) is 28.0. The van der Waals surface area contributed by atoms with Crippen molar-refractivity contribution in [2.75, 3.05) is 26.3 Å². The maximum absolute atomic E-state index is 12.0. The van der Waals surface area contributed by atoms with E-state index in [2.05, 4.69) is 49.5 Å². The molecule has 37 heavy (non-hydrogen) atoms. The van der Waals surface area contributed by atoms with Gasteiger partial charge in [0.05, 0.1) is 13.2 Å². The Hall–Kier alpha value is -3.61. The van der Waals surface area contributed by atoms with Crippen LogP contribution in [0.2, 0.25) is 5.15 Å². The molecule has 0 unspecified atom stereocenters. The fraction of sp³-hybridized carbons (Fsp3) is 0.267. The molecule has 0 N–H and O–H groups in total. The van der Waals surface area contributed by atoms with Crippen LogP contribution in [-0.4, -0.2) is 53.4 Å². The van der Waals surface area contributed by atoms with Crippen LogP contribution in [0.3, 0.4) is 0 Å². The lowest BCUT2D eigenvalue weighted by molar-refractivity contribution is -0.128. The average molecular weight is 518 g/mol. The third-order valence-electron chi connectivity index (χ3n) is 5.92. The van der Waals surface area contributed by atoms with Crippen molar-refractivity contribution >= 4 is 34.9 Å². The highest BCUT2D eigenvalue weighted by Gasteiger charge is 2.20. The number of allylic oxidation sites excluding steroid dienone is 1. The van der Waals surface area contributed by atoms with E-state index in [1.165, 1.54) is 5.56 Å². The van der Waals surface area contributed by atoms with E-state index in [0.29, 0.717) is 37.0 Å². The molecule has 1 aliphatic heterocycles. The molecule has 192 valence electrons. The van der Waals surface area contributed by atoms with E-state index in [0.717, 1.165) is 28.5 Å². The van der Waals surface area contributed by atoms with E-state index in [9.17, 15) is 9.59 Å². The molecule has 1 aromatic carbocycles. The molecular weight excluding hydrogens is 486 g/mol.